The molecule has 0 saturated heterocycles. The van der Waals surface area contributed by atoms with Crippen LogP contribution in [0.25, 0.3) is 0 Å². The van der Waals surface area contributed by atoms with Crippen molar-refractivity contribution in [2.45, 2.75) is 26.9 Å². The van der Waals surface area contributed by atoms with Gasteiger partial charge in [-0.25, -0.2) is 4.68 Å². The third-order valence-corrected chi connectivity index (χ3v) is 3.25. The maximum Gasteiger partial charge on any atom is 0.243 e. The second-order valence-electron chi connectivity index (χ2n) is 4.20. The van der Waals surface area contributed by atoms with Crippen LogP contribution in [0.5, 0.6) is 11.5 Å². The van der Waals surface area contributed by atoms with Gasteiger partial charge in [-0.1, -0.05) is 16.7 Å². The first-order chi connectivity index (χ1) is 10.2. The van der Waals surface area contributed by atoms with Crippen LogP contribution in [0.15, 0.2) is 12.1 Å². The predicted molar refractivity (Wildman–Crippen MR) is 80.0 cm³/mol. The first-order valence-electron chi connectivity index (χ1n) is 6.68. The fraction of sp³-hybridized carbons (Fsp3) is 0.462. The molecular formula is C13H18ClN5O2. The van der Waals surface area contributed by atoms with Crippen molar-refractivity contribution in [1.82, 2.24) is 20.2 Å². The average Bonchev–Trinajstić information content (AvgIpc) is 2.94. The molecule has 0 amide bonds. The van der Waals surface area contributed by atoms with Crippen molar-refractivity contribution < 1.29 is 9.47 Å². The summed E-state index contributed by atoms with van der Waals surface area (Å²) in [5.41, 5.74) is 0.877. The van der Waals surface area contributed by atoms with Crippen LogP contribution in [0.3, 0.4) is 0 Å². The second kappa shape index (κ2) is 7.12. The van der Waals surface area contributed by atoms with Crippen molar-refractivity contribution in [3.05, 3.63) is 22.7 Å². The van der Waals surface area contributed by atoms with Gasteiger partial charge in [-0.3, -0.25) is 0 Å². The Balaban J connectivity index is 2.16. The topological polar surface area (TPSA) is 74.1 Å². The zero-order chi connectivity index (χ0) is 15.2. The third kappa shape index (κ3) is 3.55. The third-order valence-electron chi connectivity index (χ3n) is 2.90. The number of halogens is 1. The molecule has 2 rings (SSSR count). The van der Waals surface area contributed by atoms with E-state index in [2.05, 4.69) is 20.8 Å². The van der Waals surface area contributed by atoms with E-state index in [4.69, 9.17) is 21.1 Å². The van der Waals surface area contributed by atoms with E-state index in [9.17, 15) is 0 Å². The standard InChI is InChI=1S/C13H18ClN5O2/c1-4-19-13(16-17-18-19)15-8-9-6-11(20-3)12(21-5-2)7-10(9)14/h6-7H,4-5,8H2,1-3H3,(H,15,16,18). The minimum Gasteiger partial charge on any atom is -0.493 e. The van der Waals surface area contributed by atoms with Gasteiger partial charge in [-0.05, 0) is 35.9 Å². The lowest BCUT2D eigenvalue weighted by Gasteiger charge is -2.13. The van der Waals surface area contributed by atoms with Gasteiger partial charge in [0.15, 0.2) is 11.5 Å². The lowest BCUT2D eigenvalue weighted by Crippen LogP contribution is -2.08. The maximum atomic E-state index is 6.27. The first kappa shape index (κ1) is 15.4. The van der Waals surface area contributed by atoms with Crippen molar-refractivity contribution >= 4 is 17.5 Å². The van der Waals surface area contributed by atoms with E-state index in [-0.39, 0.29) is 0 Å². The summed E-state index contributed by atoms with van der Waals surface area (Å²) in [4.78, 5) is 0. The van der Waals surface area contributed by atoms with Gasteiger partial charge in [-0.15, -0.1) is 0 Å². The molecule has 1 aromatic heterocycles. The normalized spacial score (nSPS) is 10.5. The summed E-state index contributed by atoms with van der Waals surface area (Å²) in [7, 11) is 1.60. The quantitative estimate of drug-likeness (QED) is 0.846. The zero-order valence-corrected chi connectivity index (χ0v) is 13.0. The molecule has 0 saturated carbocycles. The fourth-order valence-corrected chi connectivity index (χ4v) is 2.08. The van der Waals surface area contributed by atoms with Crippen LogP contribution in [0.4, 0.5) is 5.95 Å². The SMILES string of the molecule is CCOc1cc(Cl)c(CNc2nnnn2CC)cc1OC. The largest absolute Gasteiger partial charge is 0.493 e. The minimum atomic E-state index is 0.488. The van der Waals surface area contributed by atoms with Crippen LogP contribution >= 0.6 is 11.6 Å². The van der Waals surface area contributed by atoms with Crippen LogP contribution in [0, 0.1) is 0 Å². The molecule has 0 fully saturated rings. The molecule has 7 nitrogen and oxygen atoms in total. The number of nitrogens with zero attached hydrogens (tertiary/aromatic N) is 4. The molecule has 0 atom stereocenters. The van der Waals surface area contributed by atoms with Crippen molar-refractivity contribution in [3.63, 3.8) is 0 Å². The molecule has 21 heavy (non-hydrogen) atoms. The summed E-state index contributed by atoms with van der Waals surface area (Å²) in [6.07, 6.45) is 0. The molecule has 1 heterocycles. The van der Waals surface area contributed by atoms with E-state index >= 15 is 0 Å². The van der Waals surface area contributed by atoms with Gasteiger partial charge in [-0.2, -0.15) is 0 Å². The molecule has 0 bridgehead atoms. The number of methoxy groups -OCH3 is 1. The molecule has 0 spiro atoms. The van der Waals surface area contributed by atoms with Gasteiger partial charge in [0.25, 0.3) is 0 Å². The summed E-state index contributed by atoms with van der Waals surface area (Å²) < 4.78 is 12.5. The molecule has 0 unspecified atom stereocenters. The molecule has 0 aliphatic heterocycles. The molecule has 8 heteroatoms. The Morgan fingerprint density at radius 1 is 1.29 bits per heavy atom. The average molecular weight is 312 g/mol. The smallest absolute Gasteiger partial charge is 0.243 e. The van der Waals surface area contributed by atoms with Crippen LogP contribution in [-0.4, -0.2) is 33.9 Å². The van der Waals surface area contributed by atoms with E-state index in [1.165, 1.54) is 0 Å². The molecule has 0 aliphatic carbocycles. The van der Waals surface area contributed by atoms with Crippen LogP contribution < -0.4 is 14.8 Å². The highest BCUT2D eigenvalue weighted by Gasteiger charge is 2.11. The second-order valence-corrected chi connectivity index (χ2v) is 4.61. The first-order valence-corrected chi connectivity index (χ1v) is 7.06. The van der Waals surface area contributed by atoms with Crippen molar-refractivity contribution in [2.75, 3.05) is 19.0 Å². The Kier molecular flexibility index (Phi) is 5.21. The molecule has 0 aliphatic rings. The summed E-state index contributed by atoms with van der Waals surface area (Å²) in [6.45, 7) is 5.61. The Bertz CT molecular complexity index is 602. The highest BCUT2D eigenvalue weighted by molar-refractivity contribution is 6.31. The van der Waals surface area contributed by atoms with E-state index in [1.807, 2.05) is 19.9 Å². The minimum absolute atomic E-state index is 0.488. The Morgan fingerprint density at radius 2 is 2.10 bits per heavy atom. The van der Waals surface area contributed by atoms with Crippen molar-refractivity contribution in [3.8, 4) is 11.5 Å². The summed E-state index contributed by atoms with van der Waals surface area (Å²) in [5.74, 6) is 1.88. The van der Waals surface area contributed by atoms with Gasteiger partial charge in [0, 0.05) is 24.2 Å². The Hall–Kier alpha value is -2.02. The Morgan fingerprint density at radius 3 is 2.76 bits per heavy atom. The van der Waals surface area contributed by atoms with Crippen molar-refractivity contribution in [2.24, 2.45) is 0 Å². The van der Waals surface area contributed by atoms with Crippen LogP contribution in [-0.2, 0) is 13.1 Å². The number of aryl methyl sites for hydroxylation is 1. The lowest BCUT2D eigenvalue weighted by atomic mass is 10.2. The Labute approximate surface area is 128 Å². The maximum absolute atomic E-state index is 6.27. The van der Waals surface area contributed by atoms with Crippen molar-refractivity contribution in [1.29, 1.82) is 0 Å². The fourth-order valence-electron chi connectivity index (χ4n) is 1.86. The summed E-state index contributed by atoms with van der Waals surface area (Å²) >= 11 is 6.27. The number of benzene rings is 1. The molecular weight excluding hydrogens is 294 g/mol. The number of hydrogen-bond donors (Lipinski definition) is 1. The molecule has 2 aromatic rings. The van der Waals surface area contributed by atoms with E-state index < -0.39 is 0 Å². The van der Waals surface area contributed by atoms with Crippen LogP contribution in [0.2, 0.25) is 5.02 Å². The number of anilines is 1. The number of rotatable bonds is 7. The van der Waals surface area contributed by atoms with Gasteiger partial charge in [0.05, 0.1) is 13.7 Å². The van der Waals surface area contributed by atoms with Crippen LogP contribution in [0.1, 0.15) is 19.4 Å². The predicted octanol–water partition coefficient (Wildman–Crippen LogP) is 2.37. The summed E-state index contributed by atoms with van der Waals surface area (Å²) in [5, 5.41) is 15.1. The number of nitrogens with one attached hydrogen (secondary N) is 1. The highest BCUT2D eigenvalue weighted by Crippen LogP contribution is 2.33. The van der Waals surface area contributed by atoms with Gasteiger partial charge in [0.1, 0.15) is 0 Å². The molecule has 114 valence electrons. The van der Waals surface area contributed by atoms with Gasteiger partial charge >= 0.3 is 0 Å². The monoisotopic (exact) mass is 311 g/mol. The lowest BCUT2D eigenvalue weighted by molar-refractivity contribution is 0.310. The van der Waals surface area contributed by atoms with Gasteiger partial charge in [0.2, 0.25) is 5.95 Å². The number of hydrogen-bond acceptors (Lipinski definition) is 6. The highest BCUT2D eigenvalue weighted by atomic mass is 35.5. The zero-order valence-electron chi connectivity index (χ0n) is 12.3. The van der Waals surface area contributed by atoms with E-state index in [1.54, 1.807) is 17.9 Å². The molecule has 0 radical (unpaired) electrons. The summed E-state index contributed by atoms with van der Waals surface area (Å²) in [6, 6.07) is 3.60. The van der Waals surface area contributed by atoms with Gasteiger partial charge < -0.3 is 14.8 Å². The van der Waals surface area contributed by atoms with E-state index in [0.29, 0.717) is 42.2 Å². The van der Waals surface area contributed by atoms with E-state index in [0.717, 1.165) is 5.56 Å². The number of aromatic nitrogens is 4. The number of tetrazole rings is 1. The molecule has 1 aromatic carbocycles. The number of ether oxygens (including phenoxy) is 2. The molecule has 1 N–H and O–H groups in total.